The Kier molecular flexibility index (Phi) is 6.62. The first-order valence-corrected chi connectivity index (χ1v) is 8.39. The van der Waals surface area contributed by atoms with Crippen molar-refractivity contribution in [3.8, 4) is 11.5 Å². The first-order chi connectivity index (χ1) is 11.5. The molecule has 24 heavy (non-hydrogen) atoms. The third-order valence-corrected chi connectivity index (χ3v) is 4.03. The maximum atomic E-state index is 11.9. The smallest absolute Gasteiger partial charge is 0.276 e. The lowest BCUT2D eigenvalue weighted by molar-refractivity contribution is -0.123. The molecule has 2 N–H and O–H groups in total. The molecule has 0 unspecified atom stereocenters. The van der Waals surface area contributed by atoms with Gasteiger partial charge in [0.15, 0.2) is 6.61 Å². The number of carbonyl (C=O) groups is 2. The first kappa shape index (κ1) is 18.3. The van der Waals surface area contributed by atoms with Crippen LogP contribution in [0.2, 0.25) is 0 Å². The number of nitrogens with one attached hydrogen (secondary N) is 2. The number of rotatable bonds is 5. The Morgan fingerprint density at radius 2 is 1.75 bits per heavy atom. The number of amides is 2. The van der Waals surface area contributed by atoms with Crippen molar-refractivity contribution in [2.45, 2.75) is 0 Å². The van der Waals surface area contributed by atoms with E-state index in [0.717, 1.165) is 4.47 Å². The lowest BCUT2D eigenvalue weighted by Gasteiger charge is -2.10. The third kappa shape index (κ3) is 5.24. The van der Waals surface area contributed by atoms with Gasteiger partial charge in [-0.2, -0.15) is 0 Å². The second kappa shape index (κ2) is 8.70. The molecule has 0 heterocycles. The second-order valence-corrected chi connectivity index (χ2v) is 6.36. The number of methoxy groups -OCH3 is 1. The summed E-state index contributed by atoms with van der Waals surface area (Å²) in [4.78, 5) is 23.6. The molecule has 8 heteroatoms. The summed E-state index contributed by atoms with van der Waals surface area (Å²) in [5.74, 6) is 0.251. The largest absolute Gasteiger partial charge is 0.497 e. The van der Waals surface area contributed by atoms with Crippen LogP contribution in [0.15, 0.2) is 51.4 Å². The number of hydrogen-bond acceptors (Lipinski definition) is 4. The van der Waals surface area contributed by atoms with E-state index >= 15 is 0 Å². The summed E-state index contributed by atoms with van der Waals surface area (Å²) < 4.78 is 12.0. The standard InChI is InChI=1S/C16H14Br2N2O4/c1-23-12-5-2-10(3-6-12)16(22)20-19-15(21)9-24-14-7-4-11(17)8-13(14)18/h2-8H,9H2,1H3,(H,19,21)(H,20,22). The highest BCUT2D eigenvalue weighted by Gasteiger charge is 2.09. The summed E-state index contributed by atoms with van der Waals surface area (Å²) in [5.41, 5.74) is 5.00. The molecule has 2 aromatic rings. The number of hydrogen-bond donors (Lipinski definition) is 2. The van der Waals surface area contributed by atoms with Crippen LogP contribution in [0, 0.1) is 0 Å². The van der Waals surface area contributed by atoms with Crippen LogP contribution in [0.5, 0.6) is 11.5 Å². The maximum absolute atomic E-state index is 11.9. The van der Waals surface area contributed by atoms with Gasteiger partial charge in [-0.3, -0.25) is 20.4 Å². The molecule has 2 amide bonds. The average molecular weight is 458 g/mol. The van der Waals surface area contributed by atoms with Crippen molar-refractivity contribution < 1.29 is 19.1 Å². The summed E-state index contributed by atoms with van der Waals surface area (Å²) in [7, 11) is 1.54. The number of hydrazine groups is 1. The minimum atomic E-state index is -0.480. The van der Waals surface area contributed by atoms with Gasteiger partial charge in [0.1, 0.15) is 11.5 Å². The van der Waals surface area contributed by atoms with Gasteiger partial charge >= 0.3 is 0 Å². The molecule has 0 saturated heterocycles. The zero-order chi connectivity index (χ0) is 17.5. The highest BCUT2D eigenvalue weighted by Crippen LogP contribution is 2.28. The molecule has 0 atom stereocenters. The molecule has 6 nitrogen and oxygen atoms in total. The van der Waals surface area contributed by atoms with Gasteiger partial charge in [-0.05, 0) is 58.4 Å². The van der Waals surface area contributed by atoms with E-state index in [2.05, 4.69) is 42.7 Å². The number of ether oxygens (including phenoxy) is 2. The predicted octanol–water partition coefficient (Wildman–Crippen LogP) is 3.06. The number of carbonyl (C=O) groups excluding carboxylic acids is 2. The van der Waals surface area contributed by atoms with Gasteiger partial charge in [0.25, 0.3) is 11.8 Å². The van der Waals surface area contributed by atoms with E-state index < -0.39 is 11.8 Å². The second-order valence-electron chi connectivity index (χ2n) is 4.59. The van der Waals surface area contributed by atoms with Gasteiger partial charge in [0.05, 0.1) is 11.6 Å². The summed E-state index contributed by atoms with van der Waals surface area (Å²) >= 11 is 6.66. The molecule has 0 fully saturated rings. The zero-order valence-corrected chi connectivity index (χ0v) is 15.8. The monoisotopic (exact) mass is 456 g/mol. The molecule has 0 bridgehead atoms. The van der Waals surface area contributed by atoms with E-state index in [-0.39, 0.29) is 6.61 Å². The lowest BCUT2D eigenvalue weighted by Crippen LogP contribution is -2.43. The van der Waals surface area contributed by atoms with Gasteiger partial charge in [-0.1, -0.05) is 15.9 Å². The van der Waals surface area contributed by atoms with Gasteiger partial charge in [-0.25, -0.2) is 0 Å². The van der Waals surface area contributed by atoms with Crippen LogP contribution < -0.4 is 20.3 Å². The van der Waals surface area contributed by atoms with Crippen molar-refractivity contribution in [2.24, 2.45) is 0 Å². The summed E-state index contributed by atoms with van der Waals surface area (Å²) in [6.07, 6.45) is 0. The summed E-state index contributed by atoms with van der Waals surface area (Å²) in [6.45, 7) is -0.233. The van der Waals surface area contributed by atoms with Crippen molar-refractivity contribution in [1.82, 2.24) is 10.9 Å². The molecule has 2 rings (SSSR count). The molecule has 0 aliphatic heterocycles. The molecule has 2 aromatic carbocycles. The summed E-state index contributed by atoms with van der Waals surface area (Å²) in [6, 6.07) is 11.8. The van der Waals surface area contributed by atoms with Crippen molar-refractivity contribution >= 4 is 43.7 Å². The highest BCUT2D eigenvalue weighted by molar-refractivity contribution is 9.11. The molecule has 0 spiro atoms. The van der Waals surface area contributed by atoms with Crippen LogP contribution in [0.1, 0.15) is 10.4 Å². The number of halogens is 2. The van der Waals surface area contributed by atoms with Gasteiger partial charge in [0.2, 0.25) is 0 Å². The Morgan fingerprint density at radius 3 is 2.38 bits per heavy atom. The summed E-state index contributed by atoms with van der Waals surface area (Å²) in [5, 5.41) is 0. The van der Waals surface area contributed by atoms with E-state index in [4.69, 9.17) is 9.47 Å². The third-order valence-electron chi connectivity index (χ3n) is 2.92. The maximum Gasteiger partial charge on any atom is 0.276 e. The minimum absolute atomic E-state index is 0.233. The molecule has 0 saturated carbocycles. The Balaban J connectivity index is 1.80. The predicted molar refractivity (Wildman–Crippen MR) is 95.9 cm³/mol. The van der Waals surface area contributed by atoms with Crippen LogP contribution in [0.4, 0.5) is 0 Å². The first-order valence-electron chi connectivity index (χ1n) is 6.80. The molecular formula is C16H14Br2N2O4. The van der Waals surface area contributed by atoms with E-state index in [1.54, 1.807) is 49.6 Å². The van der Waals surface area contributed by atoms with Crippen LogP contribution in [0.25, 0.3) is 0 Å². The molecule has 0 aliphatic rings. The van der Waals surface area contributed by atoms with Gasteiger partial charge in [0, 0.05) is 10.0 Å². The molecule has 0 aromatic heterocycles. The molecular weight excluding hydrogens is 444 g/mol. The van der Waals surface area contributed by atoms with Gasteiger partial charge < -0.3 is 9.47 Å². The highest BCUT2D eigenvalue weighted by atomic mass is 79.9. The van der Waals surface area contributed by atoms with Crippen LogP contribution in [-0.4, -0.2) is 25.5 Å². The van der Waals surface area contributed by atoms with E-state index in [9.17, 15) is 9.59 Å². The van der Waals surface area contributed by atoms with Crippen molar-refractivity contribution in [3.63, 3.8) is 0 Å². The van der Waals surface area contributed by atoms with Crippen molar-refractivity contribution in [3.05, 3.63) is 57.0 Å². The van der Waals surface area contributed by atoms with Gasteiger partial charge in [-0.15, -0.1) is 0 Å². The average Bonchev–Trinajstić information content (AvgIpc) is 2.59. The van der Waals surface area contributed by atoms with Crippen LogP contribution in [0.3, 0.4) is 0 Å². The normalized spacial score (nSPS) is 9.96. The fourth-order valence-electron chi connectivity index (χ4n) is 1.71. The van der Waals surface area contributed by atoms with Crippen LogP contribution in [-0.2, 0) is 4.79 Å². The SMILES string of the molecule is COc1ccc(C(=O)NNC(=O)COc2ccc(Br)cc2Br)cc1. The Morgan fingerprint density at radius 1 is 1.04 bits per heavy atom. The fourth-order valence-corrected chi connectivity index (χ4v) is 2.87. The molecule has 0 aliphatic carbocycles. The topological polar surface area (TPSA) is 76.7 Å². The molecule has 126 valence electrons. The molecule has 0 radical (unpaired) electrons. The Labute approximate surface area is 155 Å². The lowest BCUT2D eigenvalue weighted by atomic mass is 10.2. The van der Waals surface area contributed by atoms with Crippen LogP contribution >= 0.6 is 31.9 Å². The fraction of sp³-hybridized carbons (Fsp3) is 0.125. The Bertz CT molecular complexity index is 735. The zero-order valence-electron chi connectivity index (χ0n) is 12.6. The Hall–Kier alpha value is -2.06. The number of benzene rings is 2. The van der Waals surface area contributed by atoms with E-state index in [1.165, 1.54) is 0 Å². The quantitative estimate of drug-likeness (QED) is 0.676. The van der Waals surface area contributed by atoms with Crippen molar-refractivity contribution in [1.29, 1.82) is 0 Å². The van der Waals surface area contributed by atoms with Crippen molar-refractivity contribution in [2.75, 3.05) is 13.7 Å². The van der Waals surface area contributed by atoms with E-state index in [0.29, 0.717) is 21.5 Å². The minimum Gasteiger partial charge on any atom is -0.497 e. The van der Waals surface area contributed by atoms with E-state index in [1.807, 2.05) is 0 Å².